The Balaban J connectivity index is 2.62. The van der Waals surface area contributed by atoms with Gasteiger partial charge in [-0.05, 0) is 41.5 Å². The predicted octanol–water partition coefficient (Wildman–Crippen LogP) is 4.11. The maximum Gasteiger partial charge on any atom is 0.201 e. The number of anilines is 1. The molecule has 0 bridgehead atoms. The van der Waals surface area contributed by atoms with Crippen molar-refractivity contribution in [2.24, 2.45) is 0 Å². The van der Waals surface area contributed by atoms with Crippen LogP contribution in [0, 0.1) is 9.39 Å². The van der Waals surface area contributed by atoms with Crippen molar-refractivity contribution in [3.8, 4) is 0 Å². The number of fused-ring (bicyclic) bond motifs is 1. The number of aromatic nitrogens is 2. The molecule has 0 aliphatic heterocycles. The molecular weight excluding hydrogens is 344 g/mol. The predicted molar refractivity (Wildman–Crippen MR) is 81.1 cm³/mol. The normalized spacial score (nSPS) is 13.1. The standard InChI is InChI=1S/C13H17FIN3/c1-3-5-8(4-2)18-12-6-9(14)10(15)7-11(12)17-13(18)16/h6-8H,3-5H2,1-2H3,(H2,16,17). The van der Waals surface area contributed by atoms with Gasteiger partial charge in [0.2, 0.25) is 5.95 Å². The van der Waals surface area contributed by atoms with Crippen LogP contribution in [0.3, 0.4) is 0 Å². The average Bonchev–Trinajstić information content (AvgIpc) is 2.63. The van der Waals surface area contributed by atoms with E-state index in [1.807, 2.05) is 27.2 Å². The first-order chi connectivity index (χ1) is 8.58. The monoisotopic (exact) mass is 361 g/mol. The second-order valence-corrected chi connectivity index (χ2v) is 5.61. The molecule has 0 radical (unpaired) electrons. The van der Waals surface area contributed by atoms with Crippen LogP contribution in [0.25, 0.3) is 11.0 Å². The number of nitrogen functional groups attached to an aromatic ring is 1. The number of nitrogens with zero attached hydrogens (tertiary/aromatic N) is 2. The minimum atomic E-state index is -0.212. The van der Waals surface area contributed by atoms with Gasteiger partial charge in [-0.25, -0.2) is 9.37 Å². The molecule has 1 aromatic heterocycles. The molecule has 0 spiro atoms. The first-order valence-electron chi connectivity index (χ1n) is 6.20. The zero-order valence-electron chi connectivity index (χ0n) is 10.6. The molecule has 1 atom stereocenters. The molecule has 0 saturated heterocycles. The molecule has 2 N–H and O–H groups in total. The van der Waals surface area contributed by atoms with E-state index in [1.54, 1.807) is 12.1 Å². The zero-order valence-corrected chi connectivity index (χ0v) is 12.7. The van der Waals surface area contributed by atoms with Crippen molar-refractivity contribution in [3.63, 3.8) is 0 Å². The molecule has 1 unspecified atom stereocenters. The molecule has 0 aliphatic rings. The molecule has 2 aromatic rings. The highest BCUT2D eigenvalue weighted by Crippen LogP contribution is 2.29. The maximum atomic E-state index is 13.7. The molecule has 1 aromatic carbocycles. The van der Waals surface area contributed by atoms with Crippen molar-refractivity contribution in [2.75, 3.05) is 5.73 Å². The van der Waals surface area contributed by atoms with Crippen LogP contribution in [0.5, 0.6) is 0 Å². The van der Waals surface area contributed by atoms with Crippen LogP contribution >= 0.6 is 22.6 Å². The summed E-state index contributed by atoms with van der Waals surface area (Å²) in [5, 5.41) is 0. The van der Waals surface area contributed by atoms with Gasteiger partial charge in [0.05, 0.1) is 14.6 Å². The van der Waals surface area contributed by atoms with Crippen LogP contribution < -0.4 is 5.73 Å². The summed E-state index contributed by atoms with van der Waals surface area (Å²) in [6.45, 7) is 4.26. The van der Waals surface area contributed by atoms with Crippen LogP contribution in [0.4, 0.5) is 10.3 Å². The minimum Gasteiger partial charge on any atom is -0.369 e. The van der Waals surface area contributed by atoms with Crippen molar-refractivity contribution in [1.82, 2.24) is 9.55 Å². The van der Waals surface area contributed by atoms with Crippen molar-refractivity contribution < 1.29 is 4.39 Å². The molecule has 2 rings (SSSR count). The lowest BCUT2D eigenvalue weighted by molar-refractivity contribution is 0.462. The molecule has 18 heavy (non-hydrogen) atoms. The highest BCUT2D eigenvalue weighted by Gasteiger charge is 2.17. The van der Waals surface area contributed by atoms with Crippen LogP contribution in [0.15, 0.2) is 12.1 Å². The number of nitrogens with two attached hydrogens (primary N) is 1. The summed E-state index contributed by atoms with van der Waals surface area (Å²) in [7, 11) is 0. The Morgan fingerprint density at radius 1 is 1.44 bits per heavy atom. The Labute approximate surface area is 120 Å². The van der Waals surface area contributed by atoms with E-state index < -0.39 is 0 Å². The molecule has 0 saturated carbocycles. The lowest BCUT2D eigenvalue weighted by Crippen LogP contribution is -2.11. The maximum absolute atomic E-state index is 13.7. The largest absolute Gasteiger partial charge is 0.369 e. The summed E-state index contributed by atoms with van der Waals surface area (Å²) in [6, 6.07) is 3.58. The number of rotatable bonds is 4. The van der Waals surface area contributed by atoms with Gasteiger partial charge in [0.25, 0.3) is 0 Å². The van der Waals surface area contributed by atoms with E-state index in [1.165, 1.54) is 0 Å². The van der Waals surface area contributed by atoms with Crippen molar-refractivity contribution >= 4 is 39.6 Å². The first-order valence-corrected chi connectivity index (χ1v) is 7.28. The van der Waals surface area contributed by atoms with Crippen molar-refractivity contribution in [2.45, 2.75) is 39.2 Å². The van der Waals surface area contributed by atoms with Gasteiger partial charge >= 0.3 is 0 Å². The van der Waals surface area contributed by atoms with E-state index in [-0.39, 0.29) is 5.82 Å². The number of hydrogen-bond donors (Lipinski definition) is 1. The van der Waals surface area contributed by atoms with Crippen LogP contribution in [0.2, 0.25) is 0 Å². The van der Waals surface area contributed by atoms with Gasteiger partial charge in [0.15, 0.2) is 0 Å². The van der Waals surface area contributed by atoms with Gasteiger partial charge in [-0.2, -0.15) is 0 Å². The Morgan fingerprint density at radius 3 is 2.78 bits per heavy atom. The quantitative estimate of drug-likeness (QED) is 0.833. The zero-order chi connectivity index (χ0) is 13.3. The van der Waals surface area contributed by atoms with Gasteiger partial charge in [-0.1, -0.05) is 20.3 Å². The van der Waals surface area contributed by atoms with Gasteiger partial charge < -0.3 is 10.3 Å². The van der Waals surface area contributed by atoms with Gasteiger partial charge in [0.1, 0.15) is 5.82 Å². The average molecular weight is 361 g/mol. The van der Waals surface area contributed by atoms with Gasteiger partial charge in [-0.3, -0.25) is 0 Å². The Hall–Kier alpha value is -0.850. The second kappa shape index (κ2) is 5.42. The van der Waals surface area contributed by atoms with E-state index in [4.69, 9.17) is 5.73 Å². The molecule has 5 heteroatoms. The van der Waals surface area contributed by atoms with Gasteiger partial charge in [0, 0.05) is 12.1 Å². The third-order valence-corrected chi connectivity index (χ3v) is 4.04. The van der Waals surface area contributed by atoms with E-state index in [0.29, 0.717) is 15.6 Å². The van der Waals surface area contributed by atoms with E-state index in [2.05, 4.69) is 18.8 Å². The first kappa shape index (κ1) is 13.6. The summed E-state index contributed by atoms with van der Waals surface area (Å²) in [5.74, 6) is 0.266. The smallest absolute Gasteiger partial charge is 0.201 e. The van der Waals surface area contributed by atoms with Crippen LogP contribution in [-0.2, 0) is 0 Å². The topological polar surface area (TPSA) is 43.8 Å². The number of imidazole rings is 1. The SMILES string of the molecule is CCCC(CC)n1c(N)nc2cc(I)c(F)cc21. The summed E-state index contributed by atoms with van der Waals surface area (Å²) < 4.78 is 16.2. The summed E-state index contributed by atoms with van der Waals surface area (Å²) in [6.07, 6.45) is 3.07. The highest BCUT2D eigenvalue weighted by molar-refractivity contribution is 14.1. The molecule has 3 nitrogen and oxygen atoms in total. The molecule has 0 fully saturated rings. The van der Waals surface area contributed by atoms with E-state index in [9.17, 15) is 4.39 Å². The molecule has 0 aliphatic carbocycles. The fraction of sp³-hybridized carbons (Fsp3) is 0.462. The minimum absolute atomic E-state index is 0.212. The summed E-state index contributed by atoms with van der Waals surface area (Å²) >= 11 is 1.97. The van der Waals surface area contributed by atoms with Crippen LogP contribution in [-0.4, -0.2) is 9.55 Å². The fourth-order valence-electron chi connectivity index (χ4n) is 2.34. The molecular formula is C13H17FIN3. The fourth-order valence-corrected chi connectivity index (χ4v) is 2.79. The number of benzene rings is 1. The second-order valence-electron chi connectivity index (χ2n) is 4.45. The van der Waals surface area contributed by atoms with E-state index >= 15 is 0 Å². The Kier molecular flexibility index (Phi) is 4.09. The lowest BCUT2D eigenvalue weighted by atomic mass is 10.1. The van der Waals surface area contributed by atoms with Crippen molar-refractivity contribution in [1.29, 1.82) is 0 Å². The highest BCUT2D eigenvalue weighted by atomic mass is 127. The van der Waals surface area contributed by atoms with Crippen molar-refractivity contribution in [3.05, 3.63) is 21.5 Å². The summed E-state index contributed by atoms with van der Waals surface area (Å²) in [4.78, 5) is 4.34. The molecule has 98 valence electrons. The van der Waals surface area contributed by atoms with Gasteiger partial charge in [-0.15, -0.1) is 0 Å². The van der Waals surface area contributed by atoms with Crippen LogP contribution in [0.1, 0.15) is 39.2 Å². The lowest BCUT2D eigenvalue weighted by Gasteiger charge is -2.18. The molecule has 0 amide bonds. The Morgan fingerprint density at radius 2 is 2.17 bits per heavy atom. The third kappa shape index (κ3) is 2.32. The number of hydrogen-bond acceptors (Lipinski definition) is 2. The Bertz CT molecular complexity index is 565. The third-order valence-electron chi connectivity index (χ3n) is 3.22. The van der Waals surface area contributed by atoms with E-state index in [0.717, 1.165) is 30.3 Å². The number of halogens is 2. The molecule has 1 heterocycles. The summed E-state index contributed by atoms with van der Waals surface area (Å²) in [5.41, 5.74) is 7.56.